The Kier molecular flexibility index (Phi) is 6.89. The number of hydrogen-bond donors (Lipinski definition) is 1. The van der Waals surface area contributed by atoms with E-state index in [4.69, 9.17) is 0 Å². The third-order valence-corrected chi connectivity index (χ3v) is 8.84. The Balaban J connectivity index is 1.52. The summed E-state index contributed by atoms with van der Waals surface area (Å²) >= 11 is 0. The smallest absolute Gasteiger partial charge is 0.193 e. The SMILES string of the molecule is CN=C(NCc1ccc(CN2CCC(C)CC2)cc1)N1CCS(=O)(=O)C(C)(C)C1. The van der Waals surface area contributed by atoms with Gasteiger partial charge in [0, 0.05) is 33.2 Å². The molecule has 0 radical (unpaired) electrons. The van der Waals surface area contributed by atoms with Gasteiger partial charge in [-0.3, -0.25) is 9.89 Å². The highest BCUT2D eigenvalue weighted by Crippen LogP contribution is 2.24. The molecule has 1 N–H and O–H groups in total. The fourth-order valence-corrected chi connectivity index (χ4v) is 5.44. The number of sulfone groups is 1. The molecule has 162 valence electrons. The summed E-state index contributed by atoms with van der Waals surface area (Å²) in [5.74, 6) is 1.80. The van der Waals surface area contributed by atoms with Crippen LogP contribution in [0.5, 0.6) is 0 Å². The normalized spacial score (nSPS) is 23.2. The van der Waals surface area contributed by atoms with E-state index >= 15 is 0 Å². The highest BCUT2D eigenvalue weighted by molar-refractivity contribution is 7.92. The van der Waals surface area contributed by atoms with Crippen molar-refractivity contribution in [3.63, 3.8) is 0 Å². The summed E-state index contributed by atoms with van der Waals surface area (Å²) in [6.45, 7) is 11.0. The van der Waals surface area contributed by atoms with Crippen LogP contribution in [0, 0.1) is 5.92 Å². The molecule has 3 rings (SSSR count). The molecule has 2 aliphatic rings. The Morgan fingerprint density at radius 2 is 1.76 bits per heavy atom. The number of hydrogen-bond acceptors (Lipinski definition) is 4. The van der Waals surface area contributed by atoms with Crippen LogP contribution in [-0.4, -0.2) is 67.9 Å². The first-order chi connectivity index (χ1) is 13.7. The van der Waals surface area contributed by atoms with Gasteiger partial charge >= 0.3 is 0 Å². The van der Waals surface area contributed by atoms with E-state index in [1.807, 2.05) is 4.90 Å². The summed E-state index contributed by atoms with van der Waals surface area (Å²) in [6.07, 6.45) is 2.60. The molecule has 0 bridgehead atoms. The summed E-state index contributed by atoms with van der Waals surface area (Å²) in [6, 6.07) is 8.78. The minimum atomic E-state index is -3.05. The van der Waals surface area contributed by atoms with Gasteiger partial charge in [0.25, 0.3) is 0 Å². The molecule has 2 heterocycles. The van der Waals surface area contributed by atoms with Gasteiger partial charge in [-0.25, -0.2) is 8.42 Å². The molecule has 7 heteroatoms. The molecule has 6 nitrogen and oxygen atoms in total. The lowest BCUT2D eigenvalue weighted by atomic mass is 9.99. The number of aliphatic imine (C=N–C) groups is 1. The molecule has 2 fully saturated rings. The zero-order valence-corrected chi connectivity index (χ0v) is 19.1. The topological polar surface area (TPSA) is 65.0 Å². The largest absolute Gasteiger partial charge is 0.352 e. The van der Waals surface area contributed by atoms with E-state index in [2.05, 4.69) is 46.4 Å². The molecule has 1 aromatic rings. The van der Waals surface area contributed by atoms with Crippen LogP contribution in [0.1, 0.15) is 44.7 Å². The van der Waals surface area contributed by atoms with Gasteiger partial charge in [0.1, 0.15) is 0 Å². The molecule has 2 aliphatic heterocycles. The highest BCUT2D eigenvalue weighted by atomic mass is 32.2. The molecule has 2 saturated heterocycles. The molecule has 0 amide bonds. The monoisotopic (exact) mass is 420 g/mol. The van der Waals surface area contributed by atoms with Gasteiger partial charge < -0.3 is 10.2 Å². The average Bonchev–Trinajstić information content (AvgIpc) is 2.68. The van der Waals surface area contributed by atoms with Crippen LogP contribution < -0.4 is 5.32 Å². The van der Waals surface area contributed by atoms with Crippen LogP contribution in [0.2, 0.25) is 0 Å². The molecular weight excluding hydrogens is 384 g/mol. The van der Waals surface area contributed by atoms with Gasteiger partial charge in [0.2, 0.25) is 0 Å². The first kappa shape index (κ1) is 22.1. The second kappa shape index (κ2) is 9.04. The average molecular weight is 421 g/mol. The third-order valence-electron chi connectivity index (χ3n) is 6.31. The van der Waals surface area contributed by atoms with Gasteiger partial charge in [-0.1, -0.05) is 31.2 Å². The summed E-state index contributed by atoms with van der Waals surface area (Å²) in [5, 5.41) is 3.40. The van der Waals surface area contributed by atoms with Crippen molar-refractivity contribution in [2.45, 2.75) is 51.4 Å². The fraction of sp³-hybridized carbons (Fsp3) is 0.682. The molecule has 0 atom stereocenters. The number of likely N-dealkylation sites (tertiary alicyclic amines) is 1. The molecule has 0 aromatic heterocycles. The minimum absolute atomic E-state index is 0.171. The van der Waals surface area contributed by atoms with Crippen LogP contribution in [0.3, 0.4) is 0 Å². The van der Waals surface area contributed by atoms with Crippen molar-refractivity contribution in [2.75, 3.05) is 39.0 Å². The molecule has 1 aromatic carbocycles. The van der Waals surface area contributed by atoms with Gasteiger partial charge in [0.15, 0.2) is 15.8 Å². The first-order valence-electron chi connectivity index (χ1n) is 10.7. The van der Waals surface area contributed by atoms with Crippen molar-refractivity contribution in [1.82, 2.24) is 15.1 Å². The number of rotatable bonds is 4. The summed E-state index contributed by atoms with van der Waals surface area (Å²) in [5.41, 5.74) is 2.56. The lowest BCUT2D eigenvalue weighted by molar-refractivity contribution is 0.185. The molecule has 29 heavy (non-hydrogen) atoms. The Morgan fingerprint density at radius 1 is 1.14 bits per heavy atom. The van der Waals surface area contributed by atoms with Gasteiger partial charge in [-0.15, -0.1) is 0 Å². The maximum Gasteiger partial charge on any atom is 0.193 e. The summed E-state index contributed by atoms with van der Waals surface area (Å²) in [7, 11) is -1.30. The summed E-state index contributed by atoms with van der Waals surface area (Å²) < 4.78 is 23.7. The van der Waals surface area contributed by atoms with E-state index < -0.39 is 14.6 Å². The zero-order valence-electron chi connectivity index (χ0n) is 18.3. The van der Waals surface area contributed by atoms with Crippen LogP contribution in [0.25, 0.3) is 0 Å². The predicted octanol–water partition coefficient (Wildman–Crippen LogP) is 2.50. The molecule has 0 aliphatic carbocycles. The molecule has 0 unspecified atom stereocenters. The number of guanidine groups is 1. The van der Waals surface area contributed by atoms with Crippen molar-refractivity contribution < 1.29 is 8.42 Å². The standard InChI is InChI=1S/C22H36N4O2S/c1-18-9-11-25(12-10-18)16-20-7-5-19(6-8-20)15-24-21(23-4)26-13-14-29(27,28)22(2,3)17-26/h5-8,18H,9-17H2,1-4H3,(H,23,24). The van der Waals surface area contributed by atoms with Crippen molar-refractivity contribution in [2.24, 2.45) is 10.9 Å². The van der Waals surface area contributed by atoms with E-state index in [0.717, 1.165) is 18.4 Å². The quantitative estimate of drug-likeness (QED) is 0.599. The lowest BCUT2D eigenvalue weighted by Gasteiger charge is -2.39. The van der Waals surface area contributed by atoms with Crippen molar-refractivity contribution in [3.05, 3.63) is 35.4 Å². The number of benzene rings is 1. The Labute approximate surface area is 176 Å². The first-order valence-corrected chi connectivity index (χ1v) is 12.3. The van der Waals surface area contributed by atoms with E-state index in [1.165, 1.54) is 37.1 Å². The minimum Gasteiger partial charge on any atom is -0.352 e. The summed E-state index contributed by atoms with van der Waals surface area (Å²) in [4.78, 5) is 8.96. The van der Waals surface area contributed by atoms with E-state index in [1.54, 1.807) is 20.9 Å². The third kappa shape index (κ3) is 5.51. The van der Waals surface area contributed by atoms with Crippen LogP contribution >= 0.6 is 0 Å². The Hall–Kier alpha value is -1.60. The van der Waals surface area contributed by atoms with E-state index in [0.29, 0.717) is 19.6 Å². The van der Waals surface area contributed by atoms with Gasteiger partial charge in [-0.05, 0) is 56.8 Å². The zero-order chi connectivity index (χ0) is 21.1. The van der Waals surface area contributed by atoms with Crippen molar-refractivity contribution in [3.8, 4) is 0 Å². The Morgan fingerprint density at radius 3 is 2.34 bits per heavy atom. The molecule has 0 saturated carbocycles. The maximum atomic E-state index is 12.2. The van der Waals surface area contributed by atoms with Crippen LogP contribution in [0.15, 0.2) is 29.3 Å². The van der Waals surface area contributed by atoms with Crippen LogP contribution in [-0.2, 0) is 22.9 Å². The number of nitrogens with one attached hydrogen (secondary N) is 1. The maximum absolute atomic E-state index is 12.2. The van der Waals surface area contributed by atoms with Crippen LogP contribution in [0.4, 0.5) is 0 Å². The highest BCUT2D eigenvalue weighted by Gasteiger charge is 2.40. The van der Waals surface area contributed by atoms with E-state index in [9.17, 15) is 8.42 Å². The molecular formula is C22H36N4O2S. The van der Waals surface area contributed by atoms with E-state index in [-0.39, 0.29) is 5.75 Å². The van der Waals surface area contributed by atoms with Gasteiger partial charge in [0.05, 0.1) is 10.5 Å². The van der Waals surface area contributed by atoms with Crippen molar-refractivity contribution >= 4 is 15.8 Å². The Bertz CT molecular complexity index is 810. The van der Waals surface area contributed by atoms with Gasteiger partial charge in [-0.2, -0.15) is 0 Å². The second-order valence-corrected chi connectivity index (χ2v) is 11.9. The second-order valence-electron chi connectivity index (χ2n) is 9.18. The molecule has 0 spiro atoms. The number of nitrogens with zero attached hydrogens (tertiary/aromatic N) is 3. The fourth-order valence-electron chi connectivity index (χ4n) is 4.08. The predicted molar refractivity (Wildman–Crippen MR) is 120 cm³/mol. The van der Waals surface area contributed by atoms with Crippen molar-refractivity contribution in [1.29, 1.82) is 0 Å². The lowest BCUT2D eigenvalue weighted by Crippen LogP contribution is -2.57. The number of piperidine rings is 1.